The summed E-state index contributed by atoms with van der Waals surface area (Å²) in [6.07, 6.45) is 1.66. The minimum absolute atomic E-state index is 0.279. The third-order valence-corrected chi connectivity index (χ3v) is 3.49. The van der Waals surface area contributed by atoms with Gasteiger partial charge < -0.3 is 4.74 Å². The van der Waals surface area contributed by atoms with Crippen molar-refractivity contribution in [1.82, 2.24) is 10.4 Å². The molecule has 1 heterocycles. The summed E-state index contributed by atoms with van der Waals surface area (Å²) in [7, 11) is 1.56. The summed E-state index contributed by atoms with van der Waals surface area (Å²) in [6, 6.07) is 8.77. The zero-order valence-corrected chi connectivity index (χ0v) is 11.7. The van der Waals surface area contributed by atoms with Crippen molar-refractivity contribution in [3.8, 4) is 5.88 Å². The van der Waals surface area contributed by atoms with Crippen LogP contribution in [0.3, 0.4) is 0 Å². The van der Waals surface area contributed by atoms with E-state index in [-0.39, 0.29) is 6.04 Å². The van der Waals surface area contributed by atoms with Crippen LogP contribution in [0.4, 0.5) is 0 Å². The van der Waals surface area contributed by atoms with E-state index < -0.39 is 0 Å². The lowest BCUT2D eigenvalue weighted by Gasteiger charge is -2.19. The fraction of sp³-hybridized carbons (Fsp3) is 0.154. The number of pyridine rings is 1. The summed E-state index contributed by atoms with van der Waals surface area (Å²) in [5.41, 5.74) is 4.44. The highest BCUT2D eigenvalue weighted by Crippen LogP contribution is 2.31. The molecule has 1 unspecified atom stereocenters. The van der Waals surface area contributed by atoms with E-state index in [1.165, 1.54) is 0 Å². The molecule has 0 fully saturated rings. The molecule has 19 heavy (non-hydrogen) atoms. The smallest absolute Gasteiger partial charge is 0.218 e. The molecule has 0 amide bonds. The zero-order chi connectivity index (χ0) is 13.8. The summed E-state index contributed by atoms with van der Waals surface area (Å²) in [5.74, 6) is 6.15. The second kappa shape index (κ2) is 6.21. The molecule has 3 N–H and O–H groups in total. The quantitative estimate of drug-likeness (QED) is 0.673. The van der Waals surface area contributed by atoms with Gasteiger partial charge >= 0.3 is 0 Å². The van der Waals surface area contributed by atoms with Crippen molar-refractivity contribution in [2.75, 3.05) is 7.11 Å². The van der Waals surface area contributed by atoms with Gasteiger partial charge in [0.1, 0.15) is 0 Å². The van der Waals surface area contributed by atoms with Gasteiger partial charge in [-0.1, -0.05) is 35.3 Å². The molecule has 4 nitrogen and oxygen atoms in total. The molecule has 0 aliphatic rings. The number of aromatic nitrogens is 1. The fourth-order valence-electron chi connectivity index (χ4n) is 1.85. The van der Waals surface area contributed by atoms with Gasteiger partial charge in [-0.15, -0.1) is 0 Å². The molecular formula is C13H13Cl2N3O. The molecule has 0 saturated heterocycles. The first kappa shape index (κ1) is 14.1. The molecule has 1 aromatic heterocycles. The summed E-state index contributed by atoms with van der Waals surface area (Å²) in [4.78, 5) is 4.15. The van der Waals surface area contributed by atoms with Gasteiger partial charge in [0.15, 0.2) is 0 Å². The third-order valence-electron chi connectivity index (χ3n) is 2.75. The SMILES string of the molecule is COc1ncccc1C(NN)c1ccc(Cl)c(Cl)c1. The maximum Gasteiger partial charge on any atom is 0.218 e. The Morgan fingerprint density at radius 3 is 2.68 bits per heavy atom. The summed E-state index contributed by atoms with van der Waals surface area (Å²) in [6.45, 7) is 0. The van der Waals surface area contributed by atoms with Crippen LogP contribution in [-0.4, -0.2) is 12.1 Å². The standard InChI is InChI=1S/C13H13Cl2N3O/c1-19-13-9(3-2-6-17-13)12(18-16)8-4-5-10(14)11(15)7-8/h2-7,12,18H,16H2,1H3. The lowest BCUT2D eigenvalue weighted by Crippen LogP contribution is -2.29. The number of ether oxygens (including phenoxy) is 1. The Morgan fingerprint density at radius 1 is 1.26 bits per heavy atom. The van der Waals surface area contributed by atoms with E-state index >= 15 is 0 Å². The molecular weight excluding hydrogens is 285 g/mol. The molecule has 0 spiro atoms. The molecule has 0 aliphatic heterocycles. The lowest BCUT2D eigenvalue weighted by atomic mass is 10.0. The first-order valence-corrected chi connectivity index (χ1v) is 6.33. The zero-order valence-electron chi connectivity index (χ0n) is 10.2. The van der Waals surface area contributed by atoms with Crippen LogP contribution in [0.15, 0.2) is 36.5 Å². The predicted octanol–water partition coefficient (Wildman–Crippen LogP) is 2.95. The minimum Gasteiger partial charge on any atom is -0.481 e. The van der Waals surface area contributed by atoms with E-state index in [1.54, 1.807) is 25.4 Å². The van der Waals surface area contributed by atoms with E-state index in [9.17, 15) is 0 Å². The summed E-state index contributed by atoms with van der Waals surface area (Å²) < 4.78 is 5.24. The molecule has 2 aromatic rings. The van der Waals surface area contributed by atoms with Crippen LogP contribution in [0.1, 0.15) is 17.2 Å². The largest absolute Gasteiger partial charge is 0.481 e. The number of nitrogens with one attached hydrogen (secondary N) is 1. The van der Waals surface area contributed by atoms with Gasteiger partial charge in [0.2, 0.25) is 5.88 Å². The van der Waals surface area contributed by atoms with Crippen molar-refractivity contribution in [2.24, 2.45) is 5.84 Å². The number of hydrogen-bond acceptors (Lipinski definition) is 4. The Balaban J connectivity index is 2.46. The van der Waals surface area contributed by atoms with Gasteiger partial charge in [-0.2, -0.15) is 0 Å². The van der Waals surface area contributed by atoms with E-state index in [4.69, 9.17) is 33.8 Å². The number of halogens is 2. The Labute approximate surface area is 121 Å². The number of nitrogens with two attached hydrogens (primary N) is 1. The molecule has 6 heteroatoms. The van der Waals surface area contributed by atoms with Crippen LogP contribution in [0, 0.1) is 0 Å². The number of hydrazine groups is 1. The number of benzene rings is 1. The van der Waals surface area contributed by atoms with Gasteiger partial charge in [0.05, 0.1) is 23.2 Å². The lowest BCUT2D eigenvalue weighted by molar-refractivity contribution is 0.387. The number of rotatable bonds is 4. The maximum absolute atomic E-state index is 6.03. The Hall–Kier alpha value is -1.33. The van der Waals surface area contributed by atoms with Crippen molar-refractivity contribution in [3.63, 3.8) is 0 Å². The Bertz CT molecular complexity index is 578. The van der Waals surface area contributed by atoms with Crippen LogP contribution in [0.25, 0.3) is 0 Å². The summed E-state index contributed by atoms with van der Waals surface area (Å²) in [5, 5.41) is 0.974. The number of hydrogen-bond donors (Lipinski definition) is 2. The minimum atomic E-state index is -0.279. The molecule has 100 valence electrons. The molecule has 0 saturated carbocycles. The highest BCUT2D eigenvalue weighted by atomic mass is 35.5. The average molecular weight is 298 g/mol. The molecule has 1 aromatic carbocycles. The van der Waals surface area contributed by atoms with Crippen molar-refractivity contribution in [2.45, 2.75) is 6.04 Å². The average Bonchev–Trinajstić information content (AvgIpc) is 2.44. The molecule has 0 bridgehead atoms. The van der Waals surface area contributed by atoms with Gasteiger partial charge in [-0.25, -0.2) is 10.4 Å². The Kier molecular flexibility index (Phi) is 4.61. The molecule has 0 radical (unpaired) electrons. The third kappa shape index (κ3) is 2.98. The fourth-order valence-corrected chi connectivity index (χ4v) is 2.16. The van der Waals surface area contributed by atoms with Gasteiger partial charge in [0, 0.05) is 11.8 Å². The second-order valence-electron chi connectivity index (χ2n) is 3.88. The first-order chi connectivity index (χ1) is 9.17. The molecule has 2 rings (SSSR count). The van der Waals surface area contributed by atoms with Crippen LogP contribution >= 0.6 is 23.2 Å². The normalized spacial score (nSPS) is 12.2. The van der Waals surface area contributed by atoms with Crippen LogP contribution < -0.4 is 16.0 Å². The number of methoxy groups -OCH3 is 1. The topological polar surface area (TPSA) is 60.2 Å². The summed E-state index contributed by atoms with van der Waals surface area (Å²) >= 11 is 11.9. The van der Waals surface area contributed by atoms with Gasteiger partial charge in [-0.3, -0.25) is 5.84 Å². The van der Waals surface area contributed by atoms with Crippen molar-refractivity contribution < 1.29 is 4.74 Å². The first-order valence-electron chi connectivity index (χ1n) is 5.57. The van der Waals surface area contributed by atoms with E-state index in [0.717, 1.165) is 11.1 Å². The van der Waals surface area contributed by atoms with Crippen molar-refractivity contribution in [3.05, 3.63) is 57.7 Å². The molecule has 1 atom stereocenters. The maximum atomic E-state index is 6.03. The van der Waals surface area contributed by atoms with Gasteiger partial charge in [-0.05, 0) is 23.8 Å². The van der Waals surface area contributed by atoms with Crippen molar-refractivity contribution in [1.29, 1.82) is 0 Å². The number of nitrogens with zero attached hydrogens (tertiary/aromatic N) is 1. The van der Waals surface area contributed by atoms with E-state index in [0.29, 0.717) is 15.9 Å². The monoisotopic (exact) mass is 297 g/mol. The highest BCUT2D eigenvalue weighted by molar-refractivity contribution is 6.42. The molecule has 0 aliphatic carbocycles. The van der Waals surface area contributed by atoms with Crippen LogP contribution in [-0.2, 0) is 0 Å². The van der Waals surface area contributed by atoms with Crippen LogP contribution in [0.2, 0.25) is 10.0 Å². The predicted molar refractivity (Wildman–Crippen MR) is 76.4 cm³/mol. The Morgan fingerprint density at radius 2 is 2.05 bits per heavy atom. The van der Waals surface area contributed by atoms with E-state index in [2.05, 4.69) is 10.4 Å². The van der Waals surface area contributed by atoms with Crippen LogP contribution in [0.5, 0.6) is 5.88 Å². The van der Waals surface area contributed by atoms with Crippen molar-refractivity contribution >= 4 is 23.2 Å². The highest BCUT2D eigenvalue weighted by Gasteiger charge is 2.18. The second-order valence-corrected chi connectivity index (χ2v) is 4.69. The van der Waals surface area contributed by atoms with E-state index in [1.807, 2.05) is 18.2 Å². The van der Waals surface area contributed by atoms with Gasteiger partial charge in [0.25, 0.3) is 0 Å².